The Morgan fingerprint density at radius 2 is 1.59 bits per heavy atom. The van der Waals surface area contributed by atoms with E-state index >= 15 is 0 Å². The number of para-hydroxylation sites is 2. The zero-order valence-electron chi connectivity index (χ0n) is 17.2. The minimum absolute atomic E-state index is 0.105. The summed E-state index contributed by atoms with van der Waals surface area (Å²) in [6.45, 7) is 0.219. The molecule has 0 aromatic heterocycles. The molecule has 6 rings (SSSR count). The summed E-state index contributed by atoms with van der Waals surface area (Å²) in [5.74, 6) is 1.68. The molecular weight excluding hydrogens is 424 g/mol. The van der Waals surface area contributed by atoms with Crippen molar-refractivity contribution in [2.75, 3.05) is 17.4 Å². The average molecular weight is 445 g/mol. The molecule has 1 aliphatic carbocycles. The molecular formula is C26H21ClN2O3. The number of allylic oxidation sites excluding steroid dienone is 1. The minimum atomic E-state index is -0.283. The number of hydrogen-bond donors (Lipinski definition) is 2. The van der Waals surface area contributed by atoms with Crippen molar-refractivity contribution >= 4 is 28.8 Å². The zero-order chi connectivity index (χ0) is 21.7. The van der Waals surface area contributed by atoms with Crippen LogP contribution >= 0.6 is 11.6 Å². The molecule has 3 aromatic carbocycles. The number of hydrogen-bond acceptors (Lipinski definition) is 5. The van der Waals surface area contributed by atoms with Gasteiger partial charge in [0, 0.05) is 22.7 Å². The largest absolute Gasteiger partial charge is 0.454 e. The SMILES string of the molecule is O=C1CC(c2ccc(Cl)cc2)CC2=C1C(c1ccc3c(c1)OCO3)Nc1ccccc1N2. The van der Waals surface area contributed by atoms with E-state index in [1.807, 2.05) is 66.7 Å². The van der Waals surface area contributed by atoms with E-state index in [4.69, 9.17) is 21.1 Å². The highest BCUT2D eigenvalue weighted by atomic mass is 35.5. The summed E-state index contributed by atoms with van der Waals surface area (Å²) in [4.78, 5) is 13.6. The standard InChI is InChI=1S/C26H21ClN2O3/c27-18-8-5-15(6-9-18)17-11-21-25(22(30)12-17)26(29-20-4-2-1-3-19(20)28-21)16-7-10-23-24(13-16)32-14-31-23/h1-10,13,17,26,28-29H,11-12,14H2. The van der Waals surface area contributed by atoms with Crippen molar-refractivity contribution in [3.63, 3.8) is 0 Å². The van der Waals surface area contributed by atoms with Gasteiger partial charge in [0.1, 0.15) is 0 Å². The number of anilines is 2. The predicted octanol–water partition coefficient (Wildman–Crippen LogP) is 6.05. The molecule has 2 heterocycles. The molecule has 2 N–H and O–H groups in total. The smallest absolute Gasteiger partial charge is 0.231 e. The number of halogens is 1. The molecule has 5 nitrogen and oxygen atoms in total. The number of benzene rings is 3. The summed E-state index contributed by atoms with van der Waals surface area (Å²) in [6.07, 6.45) is 1.21. The van der Waals surface area contributed by atoms with Crippen molar-refractivity contribution in [3.8, 4) is 11.5 Å². The maximum atomic E-state index is 13.6. The Balaban J connectivity index is 1.45. The van der Waals surface area contributed by atoms with Crippen LogP contribution in [0.2, 0.25) is 5.02 Å². The maximum absolute atomic E-state index is 13.6. The minimum Gasteiger partial charge on any atom is -0.454 e. The van der Waals surface area contributed by atoms with Crippen LogP contribution in [0.5, 0.6) is 11.5 Å². The van der Waals surface area contributed by atoms with Gasteiger partial charge in [-0.2, -0.15) is 0 Å². The van der Waals surface area contributed by atoms with Crippen molar-refractivity contribution in [2.45, 2.75) is 24.8 Å². The van der Waals surface area contributed by atoms with Gasteiger partial charge < -0.3 is 20.1 Å². The molecule has 2 aliphatic heterocycles. The van der Waals surface area contributed by atoms with Crippen LogP contribution < -0.4 is 20.1 Å². The van der Waals surface area contributed by atoms with Gasteiger partial charge in [0.15, 0.2) is 17.3 Å². The van der Waals surface area contributed by atoms with Crippen molar-refractivity contribution in [3.05, 3.63) is 94.1 Å². The molecule has 2 unspecified atom stereocenters. The molecule has 0 fully saturated rings. The lowest BCUT2D eigenvalue weighted by Gasteiger charge is -2.30. The van der Waals surface area contributed by atoms with Gasteiger partial charge in [0.25, 0.3) is 0 Å². The fourth-order valence-corrected chi connectivity index (χ4v) is 4.93. The Kier molecular flexibility index (Phi) is 4.58. The third-order valence-corrected chi connectivity index (χ3v) is 6.63. The van der Waals surface area contributed by atoms with Gasteiger partial charge >= 0.3 is 0 Å². The summed E-state index contributed by atoms with van der Waals surface area (Å²) >= 11 is 6.08. The van der Waals surface area contributed by atoms with Crippen LogP contribution in [-0.2, 0) is 4.79 Å². The summed E-state index contributed by atoms with van der Waals surface area (Å²) < 4.78 is 11.1. The number of ketones is 1. The number of ether oxygens (including phenoxy) is 2. The topological polar surface area (TPSA) is 59.6 Å². The first kappa shape index (κ1) is 19.3. The van der Waals surface area contributed by atoms with E-state index in [9.17, 15) is 4.79 Å². The molecule has 0 saturated carbocycles. The predicted molar refractivity (Wildman–Crippen MR) is 124 cm³/mol. The van der Waals surface area contributed by atoms with Crippen LogP contribution in [0.4, 0.5) is 11.4 Å². The van der Waals surface area contributed by atoms with Crippen molar-refractivity contribution in [2.24, 2.45) is 0 Å². The van der Waals surface area contributed by atoms with Gasteiger partial charge in [-0.05, 0) is 59.9 Å². The van der Waals surface area contributed by atoms with Crippen molar-refractivity contribution in [1.29, 1.82) is 0 Å². The van der Waals surface area contributed by atoms with E-state index in [-0.39, 0.29) is 24.5 Å². The zero-order valence-corrected chi connectivity index (χ0v) is 18.0. The molecule has 32 heavy (non-hydrogen) atoms. The maximum Gasteiger partial charge on any atom is 0.231 e. The van der Waals surface area contributed by atoms with E-state index in [0.717, 1.165) is 45.9 Å². The Bertz CT molecular complexity index is 1250. The van der Waals surface area contributed by atoms with Gasteiger partial charge in [-0.15, -0.1) is 0 Å². The fraction of sp³-hybridized carbons (Fsp3) is 0.192. The van der Waals surface area contributed by atoms with Crippen LogP contribution in [0, 0.1) is 0 Å². The van der Waals surface area contributed by atoms with Crippen LogP contribution in [0.1, 0.15) is 35.9 Å². The Morgan fingerprint density at radius 3 is 2.44 bits per heavy atom. The van der Waals surface area contributed by atoms with E-state index in [2.05, 4.69) is 10.6 Å². The number of nitrogens with one attached hydrogen (secondary N) is 2. The summed E-state index contributed by atoms with van der Waals surface area (Å²) in [6, 6.07) is 21.5. The Labute approximate surface area is 191 Å². The summed E-state index contributed by atoms with van der Waals surface area (Å²) in [7, 11) is 0. The molecule has 0 saturated heterocycles. The second-order valence-corrected chi connectivity index (χ2v) is 8.77. The normalized spacial score (nSPS) is 21.2. The molecule has 6 heteroatoms. The molecule has 0 bridgehead atoms. The van der Waals surface area contributed by atoms with E-state index in [1.165, 1.54) is 0 Å². The molecule has 2 atom stereocenters. The average Bonchev–Trinajstić information content (AvgIpc) is 3.20. The second kappa shape index (κ2) is 7.61. The van der Waals surface area contributed by atoms with Crippen LogP contribution in [0.3, 0.4) is 0 Å². The molecule has 0 spiro atoms. The Morgan fingerprint density at radius 1 is 0.844 bits per heavy atom. The van der Waals surface area contributed by atoms with Gasteiger partial charge in [0.05, 0.1) is 17.4 Å². The Hall–Kier alpha value is -3.44. The molecule has 3 aromatic rings. The van der Waals surface area contributed by atoms with Crippen molar-refractivity contribution in [1.82, 2.24) is 0 Å². The van der Waals surface area contributed by atoms with Gasteiger partial charge in [-0.3, -0.25) is 4.79 Å². The van der Waals surface area contributed by atoms with Crippen molar-refractivity contribution < 1.29 is 14.3 Å². The molecule has 0 amide bonds. The van der Waals surface area contributed by atoms with Gasteiger partial charge in [-0.1, -0.05) is 41.9 Å². The first-order valence-electron chi connectivity index (χ1n) is 10.7. The lowest BCUT2D eigenvalue weighted by molar-refractivity contribution is -0.116. The lowest BCUT2D eigenvalue weighted by Crippen LogP contribution is -2.26. The lowest BCUT2D eigenvalue weighted by atomic mass is 9.78. The first-order chi connectivity index (χ1) is 15.7. The number of carbonyl (C=O) groups excluding carboxylic acids is 1. The summed E-state index contributed by atoms with van der Waals surface area (Å²) in [5, 5.41) is 7.87. The van der Waals surface area contributed by atoms with Gasteiger partial charge in [0.2, 0.25) is 6.79 Å². The highest BCUT2D eigenvalue weighted by Gasteiger charge is 2.36. The highest BCUT2D eigenvalue weighted by molar-refractivity contribution is 6.30. The summed E-state index contributed by atoms with van der Waals surface area (Å²) in [5.41, 5.74) is 5.76. The molecule has 0 radical (unpaired) electrons. The van der Waals surface area contributed by atoms with E-state index < -0.39 is 0 Å². The first-order valence-corrected chi connectivity index (χ1v) is 11.1. The third kappa shape index (κ3) is 3.30. The van der Waals surface area contributed by atoms with Crippen LogP contribution in [0.25, 0.3) is 0 Å². The van der Waals surface area contributed by atoms with Crippen LogP contribution in [-0.4, -0.2) is 12.6 Å². The monoisotopic (exact) mass is 444 g/mol. The number of rotatable bonds is 2. The number of carbonyl (C=O) groups is 1. The van der Waals surface area contributed by atoms with Crippen LogP contribution in [0.15, 0.2) is 78.0 Å². The molecule has 160 valence electrons. The highest BCUT2D eigenvalue weighted by Crippen LogP contribution is 2.45. The number of fused-ring (bicyclic) bond motifs is 2. The van der Waals surface area contributed by atoms with E-state index in [0.29, 0.717) is 17.2 Å². The number of Topliss-reactive ketones (excluding diaryl/α,β-unsaturated/α-hetero) is 1. The molecule has 3 aliphatic rings. The fourth-order valence-electron chi connectivity index (χ4n) is 4.81. The van der Waals surface area contributed by atoms with Gasteiger partial charge in [-0.25, -0.2) is 0 Å². The quantitative estimate of drug-likeness (QED) is 0.504. The third-order valence-electron chi connectivity index (χ3n) is 6.38. The van der Waals surface area contributed by atoms with E-state index in [1.54, 1.807) is 0 Å². The second-order valence-electron chi connectivity index (χ2n) is 8.33.